The molecule has 3 aromatic carbocycles. The van der Waals surface area contributed by atoms with E-state index >= 15 is 0 Å². The molecule has 28 heavy (non-hydrogen) atoms. The van der Waals surface area contributed by atoms with Crippen molar-refractivity contribution in [3.8, 4) is 5.75 Å². The highest BCUT2D eigenvalue weighted by molar-refractivity contribution is 6.36. The summed E-state index contributed by atoms with van der Waals surface area (Å²) in [6.07, 6.45) is 0. The number of para-hydroxylation sites is 1. The minimum Gasteiger partial charge on any atom is -0.483 e. The molecule has 0 atom stereocenters. The highest BCUT2D eigenvalue weighted by atomic mass is 35.5. The second-order valence-corrected chi connectivity index (χ2v) is 7.13. The zero-order chi connectivity index (χ0) is 19.9. The number of nitrogens with one attached hydrogen (secondary N) is 2. The van der Waals surface area contributed by atoms with Gasteiger partial charge in [0.15, 0.2) is 6.61 Å². The average molecular weight is 415 g/mol. The van der Waals surface area contributed by atoms with Crippen molar-refractivity contribution >= 4 is 40.5 Å². The van der Waals surface area contributed by atoms with Gasteiger partial charge in [-0.3, -0.25) is 4.79 Å². The maximum atomic E-state index is 12.2. The van der Waals surface area contributed by atoms with Gasteiger partial charge in [-0.25, -0.2) is 0 Å². The predicted octanol–water partition coefficient (Wildman–Crippen LogP) is 5.93. The molecular weight excluding hydrogens is 395 g/mol. The molecule has 1 amide bonds. The van der Waals surface area contributed by atoms with Gasteiger partial charge in [-0.05, 0) is 43.3 Å². The van der Waals surface area contributed by atoms with Crippen LogP contribution < -0.4 is 15.4 Å². The first-order valence-electron chi connectivity index (χ1n) is 8.77. The van der Waals surface area contributed by atoms with Gasteiger partial charge in [0.05, 0.1) is 10.7 Å². The van der Waals surface area contributed by atoms with Gasteiger partial charge in [0.1, 0.15) is 5.75 Å². The number of carbonyl (C=O) groups is 1. The second-order valence-electron chi connectivity index (χ2n) is 6.29. The summed E-state index contributed by atoms with van der Waals surface area (Å²) in [5, 5.41) is 7.21. The van der Waals surface area contributed by atoms with Crippen LogP contribution >= 0.6 is 23.2 Å². The van der Waals surface area contributed by atoms with E-state index in [-0.39, 0.29) is 12.5 Å². The molecule has 6 heteroatoms. The summed E-state index contributed by atoms with van der Waals surface area (Å²) >= 11 is 12.1. The summed E-state index contributed by atoms with van der Waals surface area (Å²) in [4.78, 5) is 12.2. The molecule has 0 unspecified atom stereocenters. The summed E-state index contributed by atoms with van der Waals surface area (Å²) in [5.41, 5.74) is 3.57. The van der Waals surface area contributed by atoms with Crippen LogP contribution in [-0.4, -0.2) is 12.5 Å². The van der Waals surface area contributed by atoms with Crippen LogP contribution in [-0.2, 0) is 11.3 Å². The fourth-order valence-corrected chi connectivity index (χ4v) is 3.07. The van der Waals surface area contributed by atoms with Gasteiger partial charge >= 0.3 is 0 Å². The summed E-state index contributed by atoms with van der Waals surface area (Å²) in [6, 6.07) is 20.4. The molecule has 0 bridgehead atoms. The fraction of sp³-hybridized carbons (Fsp3) is 0.136. The van der Waals surface area contributed by atoms with E-state index in [9.17, 15) is 4.79 Å². The van der Waals surface area contributed by atoms with Crippen LogP contribution in [0.15, 0.2) is 66.7 Å². The first kappa shape index (κ1) is 20.1. The molecule has 2 N–H and O–H groups in total. The van der Waals surface area contributed by atoms with Crippen LogP contribution in [0.4, 0.5) is 11.4 Å². The number of rotatable bonds is 7. The first-order valence-corrected chi connectivity index (χ1v) is 9.53. The van der Waals surface area contributed by atoms with Crippen LogP contribution in [0.2, 0.25) is 10.0 Å². The summed E-state index contributed by atoms with van der Waals surface area (Å²) in [7, 11) is 0. The van der Waals surface area contributed by atoms with Crippen molar-refractivity contribution in [2.24, 2.45) is 0 Å². The largest absolute Gasteiger partial charge is 0.483 e. The number of hydrogen-bond donors (Lipinski definition) is 2. The lowest BCUT2D eigenvalue weighted by Crippen LogP contribution is -2.20. The fourth-order valence-electron chi connectivity index (χ4n) is 2.59. The van der Waals surface area contributed by atoms with Crippen LogP contribution in [0.3, 0.4) is 0 Å². The number of ether oxygens (including phenoxy) is 1. The number of amides is 1. The number of aryl methyl sites for hydroxylation is 1. The minimum atomic E-state index is -0.215. The molecule has 0 saturated heterocycles. The van der Waals surface area contributed by atoms with Crippen LogP contribution in [0.5, 0.6) is 5.75 Å². The van der Waals surface area contributed by atoms with E-state index in [1.165, 1.54) is 0 Å². The zero-order valence-electron chi connectivity index (χ0n) is 15.3. The molecule has 0 aliphatic heterocycles. The molecule has 3 aromatic rings. The van der Waals surface area contributed by atoms with Crippen LogP contribution in [0, 0.1) is 6.92 Å². The summed E-state index contributed by atoms with van der Waals surface area (Å²) in [6.45, 7) is 2.42. The Hall–Kier alpha value is -2.69. The van der Waals surface area contributed by atoms with Crippen molar-refractivity contribution in [3.63, 3.8) is 0 Å². The van der Waals surface area contributed by atoms with Gasteiger partial charge in [0, 0.05) is 22.8 Å². The molecular formula is C22H20Cl2N2O2. The highest BCUT2D eigenvalue weighted by Crippen LogP contribution is 2.27. The molecule has 0 aromatic heterocycles. The molecule has 0 heterocycles. The van der Waals surface area contributed by atoms with Crippen LogP contribution in [0.1, 0.15) is 11.1 Å². The standard InChI is InChI=1S/C22H20Cl2N2O2/c1-15-6-9-18(10-7-15)26-22(27)14-28-21-5-3-2-4-16(21)13-25-20-11-8-17(23)12-19(20)24/h2-12,25H,13-14H2,1H3,(H,26,27). The molecule has 0 saturated carbocycles. The van der Waals surface area contributed by atoms with Gasteiger partial charge in [-0.1, -0.05) is 59.1 Å². The third-order valence-electron chi connectivity index (χ3n) is 4.07. The Morgan fingerprint density at radius 1 is 1.00 bits per heavy atom. The van der Waals surface area contributed by atoms with Crippen molar-refractivity contribution < 1.29 is 9.53 Å². The predicted molar refractivity (Wildman–Crippen MR) is 116 cm³/mol. The Labute approximate surface area is 174 Å². The van der Waals surface area contributed by atoms with Gasteiger partial charge in [0.2, 0.25) is 0 Å². The molecule has 144 valence electrons. The quantitative estimate of drug-likeness (QED) is 0.503. The third kappa shape index (κ3) is 5.65. The van der Waals surface area contributed by atoms with E-state index in [0.717, 1.165) is 22.5 Å². The number of hydrogen-bond acceptors (Lipinski definition) is 3. The second kappa shape index (κ2) is 9.49. The molecule has 0 spiro atoms. The Morgan fingerprint density at radius 3 is 2.50 bits per heavy atom. The SMILES string of the molecule is Cc1ccc(NC(=O)COc2ccccc2CNc2ccc(Cl)cc2Cl)cc1. The number of benzene rings is 3. The highest BCUT2D eigenvalue weighted by Gasteiger charge is 2.08. The van der Waals surface area contributed by atoms with Crippen molar-refractivity contribution in [2.75, 3.05) is 17.2 Å². The Kier molecular flexibility index (Phi) is 6.80. The monoisotopic (exact) mass is 414 g/mol. The van der Waals surface area contributed by atoms with E-state index in [1.807, 2.05) is 61.5 Å². The topological polar surface area (TPSA) is 50.4 Å². The maximum absolute atomic E-state index is 12.2. The lowest BCUT2D eigenvalue weighted by molar-refractivity contribution is -0.118. The van der Waals surface area contributed by atoms with Gasteiger partial charge in [-0.15, -0.1) is 0 Å². The van der Waals surface area contributed by atoms with Gasteiger partial charge < -0.3 is 15.4 Å². The number of anilines is 2. The average Bonchev–Trinajstić information content (AvgIpc) is 2.68. The molecule has 0 radical (unpaired) electrons. The van der Waals surface area contributed by atoms with Crippen molar-refractivity contribution in [1.29, 1.82) is 0 Å². The van der Waals surface area contributed by atoms with Crippen molar-refractivity contribution in [2.45, 2.75) is 13.5 Å². The summed E-state index contributed by atoms with van der Waals surface area (Å²) in [5.74, 6) is 0.423. The molecule has 0 fully saturated rings. The minimum absolute atomic E-state index is 0.0768. The number of halogens is 2. The Balaban J connectivity index is 1.58. The molecule has 4 nitrogen and oxygen atoms in total. The lowest BCUT2D eigenvalue weighted by Gasteiger charge is -2.14. The van der Waals surface area contributed by atoms with E-state index < -0.39 is 0 Å². The molecule has 0 aliphatic rings. The first-order chi connectivity index (χ1) is 13.5. The van der Waals surface area contributed by atoms with E-state index in [1.54, 1.807) is 12.1 Å². The number of carbonyl (C=O) groups excluding carboxylic acids is 1. The lowest BCUT2D eigenvalue weighted by atomic mass is 10.2. The van der Waals surface area contributed by atoms with E-state index in [0.29, 0.717) is 22.3 Å². The smallest absolute Gasteiger partial charge is 0.262 e. The van der Waals surface area contributed by atoms with E-state index in [4.69, 9.17) is 27.9 Å². The summed E-state index contributed by atoms with van der Waals surface area (Å²) < 4.78 is 5.73. The Morgan fingerprint density at radius 2 is 1.75 bits per heavy atom. The van der Waals surface area contributed by atoms with Crippen molar-refractivity contribution in [1.82, 2.24) is 0 Å². The van der Waals surface area contributed by atoms with Gasteiger partial charge in [-0.2, -0.15) is 0 Å². The van der Waals surface area contributed by atoms with Gasteiger partial charge in [0.25, 0.3) is 5.91 Å². The molecule has 0 aliphatic carbocycles. The van der Waals surface area contributed by atoms with E-state index in [2.05, 4.69) is 10.6 Å². The third-order valence-corrected chi connectivity index (χ3v) is 4.61. The zero-order valence-corrected chi connectivity index (χ0v) is 16.8. The Bertz CT molecular complexity index is 959. The normalized spacial score (nSPS) is 10.4. The van der Waals surface area contributed by atoms with Crippen molar-refractivity contribution in [3.05, 3.63) is 87.9 Å². The molecule has 3 rings (SSSR count). The maximum Gasteiger partial charge on any atom is 0.262 e. The van der Waals surface area contributed by atoms with Crippen LogP contribution in [0.25, 0.3) is 0 Å².